The van der Waals surface area contributed by atoms with E-state index in [1.165, 1.54) is 0 Å². The first-order valence-corrected chi connectivity index (χ1v) is 8.00. The number of piperidine rings is 1. The molecular formula is C14H20N2O4S. The highest BCUT2D eigenvalue weighted by Crippen LogP contribution is 2.22. The van der Waals surface area contributed by atoms with Crippen LogP contribution < -0.4 is 0 Å². The number of aromatic nitrogens is 1. The lowest BCUT2D eigenvalue weighted by Crippen LogP contribution is -2.40. The Labute approximate surface area is 127 Å². The number of aliphatic hydroxyl groups excluding tert-OH is 1. The van der Waals surface area contributed by atoms with Crippen LogP contribution in [0.1, 0.15) is 47.0 Å². The molecule has 1 amide bonds. The summed E-state index contributed by atoms with van der Waals surface area (Å²) in [6.07, 6.45) is 1.24. The summed E-state index contributed by atoms with van der Waals surface area (Å²) in [5, 5.41) is 11.4. The van der Waals surface area contributed by atoms with E-state index in [2.05, 4.69) is 4.98 Å². The Morgan fingerprint density at radius 3 is 2.76 bits per heavy atom. The van der Waals surface area contributed by atoms with Gasteiger partial charge in [-0.15, -0.1) is 11.3 Å². The minimum Gasteiger partial charge on any atom is -0.461 e. The zero-order valence-electron chi connectivity index (χ0n) is 12.2. The van der Waals surface area contributed by atoms with E-state index in [9.17, 15) is 14.7 Å². The number of aliphatic hydroxyl groups is 1. The minimum absolute atomic E-state index is 0.161. The molecule has 0 bridgehead atoms. The van der Waals surface area contributed by atoms with E-state index < -0.39 is 5.97 Å². The lowest BCUT2D eigenvalue weighted by molar-refractivity contribution is 0.0513. The molecule has 0 aromatic carbocycles. The van der Waals surface area contributed by atoms with Crippen LogP contribution in [0, 0.1) is 5.92 Å². The number of hydrogen-bond acceptors (Lipinski definition) is 6. The van der Waals surface area contributed by atoms with Crippen molar-refractivity contribution < 1.29 is 19.4 Å². The second-order valence-electron chi connectivity index (χ2n) is 5.13. The van der Waals surface area contributed by atoms with Crippen LogP contribution in [0.15, 0.2) is 5.38 Å². The summed E-state index contributed by atoms with van der Waals surface area (Å²) >= 11 is 1.12. The predicted molar refractivity (Wildman–Crippen MR) is 78.4 cm³/mol. The fraction of sp³-hybridized carbons (Fsp3) is 0.643. The Balaban J connectivity index is 1.97. The molecule has 0 radical (unpaired) electrons. The molecule has 0 aliphatic carbocycles. The number of likely N-dealkylation sites (tertiary alicyclic amines) is 1. The predicted octanol–water partition coefficient (Wildman–Crippen LogP) is 1.55. The SMILES string of the molecule is CCOC(=O)c1nc(C(=O)N2CCC(C(C)O)CC2)cs1. The molecule has 116 valence electrons. The molecule has 1 unspecified atom stereocenters. The average Bonchev–Trinajstić information content (AvgIpc) is 2.96. The van der Waals surface area contributed by atoms with Gasteiger partial charge in [0.1, 0.15) is 5.69 Å². The third-order valence-electron chi connectivity index (χ3n) is 3.68. The van der Waals surface area contributed by atoms with Crippen molar-refractivity contribution in [3.05, 3.63) is 16.1 Å². The van der Waals surface area contributed by atoms with Gasteiger partial charge >= 0.3 is 5.97 Å². The number of hydrogen-bond donors (Lipinski definition) is 1. The van der Waals surface area contributed by atoms with Crippen LogP contribution in [0.25, 0.3) is 0 Å². The van der Waals surface area contributed by atoms with Gasteiger partial charge in [0.05, 0.1) is 12.7 Å². The molecule has 1 aromatic rings. The van der Waals surface area contributed by atoms with Crippen molar-refractivity contribution in [1.29, 1.82) is 0 Å². The zero-order chi connectivity index (χ0) is 15.4. The molecule has 0 saturated carbocycles. The Bertz CT molecular complexity index is 507. The van der Waals surface area contributed by atoms with Crippen LogP contribution in [0.2, 0.25) is 0 Å². The van der Waals surface area contributed by atoms with Crippen LogP contribution in [0.5, 0.6) is 0 Å². The second kappa shape index (κ2) is 7.00. The topological polar surface area (TPSA) is 79.7 Å². The maximum atomic E-state index is 12.3. The van der Waals surface area contributed by atoms with E-state index in [1.807, 2.05) is 0 Å². The van der Waals surface area contributed by atoms with E-state index in [-0.39, 0.29) is 29.5 Å². The smallest absolute Gasteiger partial charge is 0.367 e. The standard InChI is InChI=1S/C14H20N2O4S/c1-3-20-14(19)12-15-11(8-21-12)13(18)16-6-4-10(5-7-16)9(2)17/h8-10,17H,3-7H2,1-2H3. The number of carbonyl (C=O) groups is 2. The van der Waals surface area contributed by atoms with Crippen molar-refractivity contribution >= 4 is 23.2 Å². The van der Waals surface area contributed by atoms with Gasteiger partial charge in [0.15, 0.2) is 0 Å². The van der Waals surface area contributed by atoms with Crippen LogP contribution >= 0.6 is 11.3 Å². The Hall–Kier alpha value is -1.47. The fourth-order valence-corrected chi connectivity index (χ4v) is 3.09. The van der Waals surface area contributed by atoms with Gasteiger partial charge in [0.25, 0.3) is 5.91 Å². The van der Waals surface area contributed by atoms with Crippen molar-refractivity contribution in [2.45, 2.75) is 32.8 Å². The molecule has 1 N–H and O–H groups in total. The lowest BCUT2D eigenvalue weighted by Gasteiger charge is -2.32. The van der Waals surface area contributed by atoms with Gasteiger partial charge in [-0.05, 0) is 32.6 Å². The van der Waals surface area contributed by atoms with Crippen LogP contribution in [0.4, 0.5) is 0 Å². The van der Waals surface area contributed by atoms with Crippen LogP contribution in [-0.2, 0) is 4.74 Å². The van der Waals surface area contributed by atoms with Gasteiger partial charge in [-0.2, -0.15) is 0 Å². The Morgan fingerprint density at radius 1 is 1.52 bits per heavy atom. The van der Waals surface area contributed by atoms with Gasteiger partial charge < -0.3 is 14.7 Å². The van der Waals surface area contributed by atoms with E-state index >= 15 is 0 Å². The van der Waals surface area contributed by atoms with Crippen molar-refractivity contribution in [1.82, 2.24) is 9.88 Å². The number of rotatable bonds is 4. The average molecular weight is 312 g/mol. The second-order valence-corrected chi connectivity index (χ2v) is 5.99. The first-order chi connectivity index (χ1) is 10.0. The highest BCUT2D eigenvalue weighted by Gasteiger charge is 2.27. The van der Waals surface area contributed by atoms with Gasteiger partial charge in [-0.25, -0.2) is 9.78 Å². The van der Waals surface area contributed by atoms with E-state index in [1.54, 1.807) is 24.1 Å². The first kappa shape index (κ1) is 15.9. The molecule has 6 nitrogen and oxygen atoms in total. The Morgan fingerprint density at radius 2 is 2.19 bits per heavy atom. The number of nitrogens with zero attached hydrogens (tertiary/aromatic N) is 2. The van der Waals surface area contributed by atoms with E-state index in [0.29, 0.717) is 18.8 Å². The van der Waals surface area contributed by atoms with Crippen LogP contribution in [0.3, 0.4) is 0 Å². The number of ether oxygens (including phenoxy) is 1. The van der Waals surface area contributed by atoms with Gasteiger partial charge in [-0.3, -0.25) is 4.79 Å². The molecule has 0 spiro atoms. The molecular weight excluding hydrogens is 292 g/mol. The van der Waals surface area contributed by atoms with Crippen molar-refractivity contribution in [2.75, 3.05) is 19.7 Å². The lowest BCUT2D eigenvalue weighted by atomic mass is 9.92. The van der Waals surface area contributed by atoms with E-state index in [4.69, 9.17) is 4.74 Å². The molecule has 1 aliphatic heterocycles. The number of esters is 1. The largest absolute Gasteiger partial charge is 0.461 e. The molecule has 7 heteroatoms. The molecule has 1 aromatic heterocycles. The first-order valence-electron chi connectivity index (χ1n) is 7.13. The highest BCUT2D eigenvalue weighted by molar-refractivity contribution is 7.11. The maximum Gasteiger partial charge on any atom is 0.367 e. The van der Waals surface area contributed by atoms with E-state index in [0.717, 1.165) is 24.2 Å². The van der Waals surface area contributed by atoms with Crippen molar-refractivity contribution in [2.24, 2.45) is 5.92 Å². The normalized spacial score (nSPS) is 17.6. The van der Waals surface area contributed by atoms with Gasteiger partial charge in [0.2, 0.25) is 5.01 Å². The third-order valence-corrected chi connectivity index (χ3v) is 4.50. The van der Waals surface area contributed by atoms with Crippen LogP contribution in [-0.4, -0.2) is 52.7 Å². The fourth-order valence-electron chi connectivity index (χ4n) is 2.41. The summed E-state index contributed by atoms with van der Waals surface area (Å²) in [6.45, 7) is 5.02. The monoisotopic (exact) mass is 312 g/mol. The molecule has 21 heavy (non-hydrogen) atoms. The summed E-state index contributed by atoms with van der Waals surface area (Å²) in [5.74, 6) is -0.403. The quantitative estimate of drug-likeness (QED) is 0.853. The summed E-state index contributed by atoms with van der Waals surface area (Å²) in [5.41, 5.74) is 0.290. The summed E-state index contributed by atoms with van der Waals surface area (Å²) in [7, 11) is 0. The van der Waals surface area contributed by atoms with Gasteiger partial charge in [0, 0.05) is 18.5 Å². The molecule has 1 atom stereocenters. The summed E-state index contributed by atoms with van der Waals surface area (Å²) in [6, 6.07) is 0. The molecule has 1 aliphatic rings. The summed E-state index contributed by atoms with van der Waals surface area (Å²) in [4.78, 5) is 29.7. The molecule has 2 rings (SSSR count). The zero-order valence-corrected chi connectivity index (χ0v) is 13.1. The maximum absolute atomic E-state index is 12.3. The third kappa shape index (κ3) is 3.79. The molecule has 2 heterocycles. The van der Waals surface area contributed by atoms with Crippen molar-refractivity contribution in [3.63, 3.8) is 0 Å². The Kier molecular flexibility index (Phi) is 5.30. The highest BCUT2D eigenvalue weighted by atomic mass is 32.1. The summed E-state index contributed by atoms with van der Waals surface area (Å²) < 4.78 is 4.86. The number of amides is 1. The number of thiazole rings is 1. The molecule has 1 saturated heterocycles. The van der Waals surface area contributed by atoms with Gasteiger partial charge in [-0.1, -0.05) is 0 Å². The number of carbonyl (C=O) groups excluding carboxylic acids is 2. The van der Waals surface area contributed by atoms with Crippen molar-refractivity contribution in [3.8, 4) is 0 Å². The minimum atomic E-state index is -0.491. The molecule has 1 fully saturated rings.